The van der Waals surface area contributed by atoms with Crippen molar-refractivity contribution in [3.8, 4) is 11.4 Å². The van der Waals surface area contributed by atoms with E-state index in [2.05, 4.69) is 39.6 Å². The van der Waals surface area contributed by atoms with Crippen molar-refractivity contribution in [3.05, 3.63) is 96.6 Å². The molecule has 140 valence electrons. The maximum Gasteiger partial charge on any atom is 0.228 e. The predicted octanol–water partition coefficient (Wildman–Crippen LogP) is 5.56. The van der Waals surface area contributed by atoms with Crippen LogP contribution in [-0.4, -0.2) is 15.9 Å². The van der Waals surface area contributed by atoms with Crippen molar-refractivity contribution in [3.63, 3.8) is 0 Å². The van der Waals surface area contributed by atoms with Crippen LogP contribution in [0.1, 0.15) is 5.56 Å². The molecule has 0 saturated heterocycles. The lowest BCUT2D eigenvalue weighted by atomic mass is 10.0. The van der Waals surface area contributed by atoms with Crippen LogP contribution in [0.15, 0.2) is 91.0 Å². The van der Waals surface area contributed by atoms with E-state index in [0.29, 0.717) is 6.42 Å². The number of aromatic nitrogens is 2. The number of aromatic amines is 1. The van der Waals surface area contributed by atoms with Crippen LogP contribution in [0, 0.1) is 0 Å². The Balaban J connectivity index is 1.34. The van der Waals surface area contributed by atoms with Gasteiger partial charge in [0.15, 0.2) is 0 Å². The van der Waals surface area contributed by atoms with Gasteiger partial charge in [-0.05, 0) is 40.6 Å². The Morgan fingerprint density at radius 3 is 2.55 bits per heavy atom. The van der Waals surface area contributed by atoms with Gasteiger partial charge in [-0.3, -0.25) is 4.79 Å². The molecule has 5 aromatic rings. The monoisotopic (exact) mass is 377 g/mol. The summed E-state index contributed by atoms with van der Waals surface area (Å²) in [5.74, 6) is 0.749. The number of carbonyl (C=O) groups excluding carboxylic acids is 1. The number of rotatable bonds is 4. The van der Waals surface area contributed by atoms with E-state index in [1.807, 2.05) is 66.7 Å². The molecular formula is C25H19N3O. The first-order chi connectivity index (χ1) is 14.2. The molecule has 1 amide bonds. The molecule has 4 heteroatoms. The van der Waals surface area contributed by atoms with Crippen LogP contribution in [-0.2, 0) is 11.2 Å². The standard InChI is InChI=1S/C25H19N3O/c29-24(15-17-12-13-18-6-1-2-7-19(18)14-17)26-21-9-5-8-20(16-21)25-27-22-10-3-4-11-23(22)28-25/h1-14,16H,15H2,(H,26,29)(H,27,28). The highest BCUT2D eigenvalue weighted by Gasteiger charge is 2.08. The number of hydrogen-bond acceptors (Lipinski definition) is 2. The Labute approximate surface area is 168 Å². The Morgan fingerprint density at radius 2 is 1.66 bits per heavy atom. The summed E-state index contributed by atoms with van der Waals surface area (Å²) in [4.78, 5) is 20.5. The van der Waals surface area contributed by atoms with Crippen molar-refractivity contribution >= 4 is 33.4 Å². The molecule has 0 bridgehead atoms. The highest BCUT2D eigenvalue weighted by molar-refractivity contribution is 5.94. The smallest absolute Gasteiger partial charge is 0.228 e. The molecule has 1 heterocycles. The molecule has 4 nitrogen and oxygen atoms in total. The highest BCUT2D eigenvalue weighted by atomic mass is 16.1. The van der Waals surface area contributed by atoms with Crippen LogP contribution in [0.5, 0.6) is 0 Å². The summed E-state index contributed by atoms with van der Waals surface area (Å²) in [5, 5.41) is 5.32. The Hall–Kier alpha value is -3.92. The first kappa shape index (κ1) is 17.2. The lowest BCUT2D eigenvalue weighted by Crippen LogP contribution is -2.14. The summed E-state index contributed by atoms with van der Waals surface area (Å²) in [6, 6.07) is 30.0. The molecule has 0 spiro atoms. The molecule has 29 heavy (non-hydrogen) atoms. The van der Waals surface area contributed by atoms with E-state index >= 15 is 0 Å². The van der Waals surface area contributed by atoms with Gasteiger partial charge in [0, 0.05) is 11.3 Å². The van der Waals surface area contributed by atoms with Crippen molar-refractivity contribution in [2.75, 3.05) is 5.32 Å². The Kier molecular flexibility index (Phi) is 4.30. The molecule has 0 aliphatic heterocycles. The normalized spacial score (nSPS) is 11.0. The average Bonchev–Trinajstić information content (AvgIpc) is 3.18. The minimum Gasteiger partial charge on any atom is -0.338 e. The van der Waals surface area contributed by atoms with Gasteiger partial charge in [0.05, 0.1) is 17.5 Å². The largest absolute Gasteiger partial charge is 0.338 e. The number of amides is 1. The van der Waals surface area contributed by atoms with Crippen molar-refractivity contribution in [2.45, 2.75) is 6.42 Å². The fourth-order valence-electron chi connectivity index (χ4n) is 3.57. The first-order valence-corrected chi connectivity index (χ1v) is 9.57. The van der Waals surface area contributed by atoms with Crippen molar-refractivity contribution in [1.82, 2.24) is 9.97 Å². The first-order valence-electron chi connectivity index (χ1n) is 9.57. The van der Waals surface area contributed by atoms with Gasteiger partial charge in [0.25, 0.3) is 0 Å². The number of carbonyl (C=O) groups is 1. The van der Waals surface area contributed by atoms with E-state index in [0.717, 1.165) is 39.1 Å². The number of para-hydroxylation sites is 2. The van der Waals surface area contributed by atoms with Crippen molar-refractivity contribution in [2.24, 2.45) is 0 Å². The number of anilines is 1. The lowest BCUT2D eigenvalue weighted by Gasteiger charge is -2.08. The number of benzene rings is 4. The molecular weight excluding hydrogens is 358 g/mol. The van der Waals surface area contributed by atoms with Gasteiger partial charge in [0.1, 0.15) is 5.82 Å². The molecule has 0 aliphatic carbocycles. The van der Waals surface area contributed by atoms with Crippen molar-refractivity contribution in [1.29, 1.82) is 0 Å². The summed E-state index contributed by atoms with van der Waals surface area (Å²) in [7, 11) is 0. The molecule has 5 rings (SSSR count). The van der Waals surface area contributed by atoms with Crippen LogP contribution in [0.2, 0.25) is 0 Å². The number of hydrogen-bond donors (Lipinski definition) is 2. The van der Waals surface area contributed by atoms with E-state index < -0.39 is 0 Å². The second-order valence-corrected chi connectivity index (χ2v) is 7.09. The van der Waals surface area contributed by atoms with E-state index in [9.17, 15) is 4.79 Å². The summed E-state index contributed by atoms with van der Waals surface area (Å²) < 4.78 is 0. The molecule has 4 aromatic carbocycles. The van der Waals surface area contributed by atoms with E-state index in [-0.39, 0.29) is 5.91 Å². The fraction of sp³-hybridized carbons (Fsp3) is 0.0400. The molecule has 2 N–H and O–H groups in total. The molecule has 0 unspecified atom stereocenters. The maximum atomic E-state index is 12.6. The summed E-state index contributed by atoms with van der Waals surface area (Å²) in [6.45, 7) is 0. The molecule has 0 fully saturated rings. The van der Waals surface area contributed by atoms with Gasteiger partial charge >= 0.3 is 0 Å². The van der Waals surface area contributed by atoms with Gasteiger partial charge in [-0.2, -0.15) is 0 Å². The minimum atomic E-state index is -0.0398. The van der Waals surface area contributed by atoms with E-state index in [4.69, 9.17) is 0 Å². The van der Waals surface area contributed by atoms with Crippen LogP contribution < -0.4 is 5.32 Å². The van der Waals surface area contributed by atoms with Crippen LogP contribution in [0.25, 0.3) is 33.2 Å². The molecule has 0 atom stereocenters. The summed E-state index contributed by atoms with van der Waals surface area (Å²) in [6.07, 6.45) is 0.333. The quantitative estimate of drug-likeness (QED) is 0.430. The number of H-pyrrole nitrogens is 1. The maximum absolute atomic E-state index is 12.6. The van der Waals surface area contributed by atoms with Gasteiger partial charge in [-0.25, -0.2) is 4.98 Å². The number of fused-ring (bicyclic) bond motifs is 2. The average molecular weight is 377 g/mol. The highest BCUT2D eigenvalue weighted by Crippen LogP contribution is 2.23. The molecule has 0 saturated carbocycles. The lowest BCUT2D eigenvalue weighted by molar-refractivity contribution is -0.115. The topological polar surface area (TPSA) is 57.8 Å². The van der Waals surface area contributed by atoms with Crippen molar-refractivity contribution < 1.29 is 4.79 Å². The zero-order valence-corrected chi connectivity index (χ0v) is 15.7. The SMILES string of the molecule is O=C(Cc1ccc2ccccc2c1)Nc1cccc(-c2nc3ccccc3[nH]2)c1. The molecule has 0 aliphatic rings. The summed E-state index contributed by atoms with van der Waals surface area (Å²) in [5.41, 5.74) is 4.61. The van der Waals surface area contributed by atoms with Crippen LogP contribution in [0.3, 0.4) is 0 Å². The molecule has 1 aromatic heterocycles. The van der Waals surface area contributed by atoms with Gasteiger partial charge < -0.3 is 10.3 Å². The van der Waals surface area contributed by atoms with Gasteiger partial charge in [-0.15, -0.1) is 0 Å². The second kappa shape index (κ2) is 7.24. The zero-order chi connectivity index (χ0) is 19.6. The Bertz CT molecular complexity index is 1300. The fourth-order valence-corrected chi connectivity index (χ4v) is 3.57. The minimum absolute atomic E-state index is 0.0398. The Morgan fingerprint density at radius 1 is 0.828 bits per heavy atom. The van der Waals surface area contributed by atoms with E-state index in [1.165, 1.54) is 5.39 Å². The van der Waals surface area contributed by atoms with Gasteiger partial charge in [0.2, 0.25) is 5.91 Å². The number of nitrogens with zero attached hydrogens (tertiary/aromatic N) is 1. The zero-order valence-electron chi connectivity index (χ0n) is 15.7. The van der Waals surface area contributed by atoms with E-state index in [1.54, 1.807) is 0 Å². The summed E-state index contributed by atoms with van der Waals surface area (Å²) >= 11 is 0. The van der Waals surface area contributed by atoms with Gasteiger partial charge in [-0.1, -0.05) is 66.7 Å². The third-order valence-corrected chi connectivity index (χ3v) is 4.99. The number of imidazole rings is 1. The van der Waals surface area contributed by atoms with Crippen LogP contribution >= 0.6 is 0 Å². The third-order valence-electron chi connectivity index (χ3n) is 4.99. The number of nitrogens with one attached hydrogen (secondary N) is 2. The third kappa shape index (κ3) is 3.60. The predicted molar refractivity (Wildman–Crippen MR) is 118 cm³/mol. The second-order valence-electron chi connectivity index (χ2n) is 7.09. The molecule has 0 radical (unpaired) electrons. The van der Waals surface area contributed by atoms with Crippen LogP contribution in [0.4, 0.5) is 5.69 Å².